The highest BCUT2D eigenvalue weighted by atomic mass is 79.9. The fraction of sp³-hybridized carbons (Fsp3) is 0.333. The summed E-state index contributed by atoms with van der Waals surface area (Å²) in [5.74, 6) is 2.21. The summed E-state index contributed by atoms with van der Waals surface area (Å²) in [5, 5.41) is 3.24. The van der Waals surface area contributed by atoms with Crippen molar-refractivity contribution in [1.29, 1.82) is 0 Å². The van der Waals surface area contributed by atoms with Crippen LogP contribution in [0, 0.1) is 0 Å². The summed E-state index contributed by atoms with van der Waals surface area (Å²) in [6.07, 6.45) is 0. The van der Waals surface area contributed by atoms with E-state index in [1.165, 1.54) is 11.1 Å². The van der Waals surface area contributed by atoms with Crippen LogP contribution in [0.1, 0.15) is 43.9 Å². The molecule has 0 aliphatic rings. The predicted octanol–water partition coefficient (Wildman–Crippen LogP) is 5.65. The van der Waals surface area contributed by atoms with Crippen LogP contribution < -0.4 is 10.1 Å². The lowest BCUT2D eigenvalue weighted by molar-refractivity contribution is 0.472. The Morgan fingerprint density at radius 3 is 2.33 bits per heavy atom. The van der Waals surface area contributed by atoms with Gasteiger partial charge in [0.25, 0.3) is 0 Å². The molecule has 2 aromatic carbocycles. The lowest BCUT2D eigenvalue weighted by Crippen LogP contribution is -2.12. The van der Waals surface area contributed by atoms with Gasteiger partial charge in [0.1, 0.15) is 11.5 Å². The molecular formula is C18H22BrNO. The lowest BCUT2D eigenvalue weighted by Gasteiger charge is -2.16. The molecular weight excluding hydrogens is 326 g/mol. The summed E-state index contributed by atoms with van der Waals surface area (Å²) in [6, 6.07) is 14.6. The van der Waals surface area contributed by atoms with Gasteiger partial charge in [-0.3, -0.25) is 0 Å². The highest BCUT2D eigenvalue weighted by Crippen LogP contribution is 2.33. The summed E-state index contributed by atoms with van der Waals surface area (Å²) < 4.78 is 7.13. The molecule has 0 aromatic heterocycles. The molecule has 0 saturated heterocycles. The number of nitrogens with one attached hydrogen (secondary N) is 1. The molecule has 0 amide bonds. The van der Waals surface area contributed by atoms with E-state index in [1.807, 2.05) is 31.3 Å². The maximum Gasteiger partial charge on any atom is 0.130 e. The smallest absolute Gasteiger partial charge is 0.130 e. The van der Waals surface area contributed by atoms with Crippen molar-refractivity contribution in [3.63, 3.8) is 0 Å². The Bertz CT molecular complexity index is 610. The Labute approximate surface area is 135 Å². The highest BCUT2D eigenvalue weighted by molar-refractivity contribution is 9.10. The maximum absolute atomic E-state index is 6.07. The monoisotopic (exact) mass is 347 g/mol. The van der Waals surface area contributed by atoms with Crippen LogP contribution in [0.3, 0.4) is 0 Å². The van der Waals surface area contributed by atoms with Crippen LogP contribution in [-0.2, 0) is 0 Å². The minimum Gasteiger partial charge on any atom is -0.457 e. The molecule has 0 saturated carbocycles. The Balaban J connectivity index is 2.27. The largest absolute Gasteiger partial charge is 0.457 e. The van der Waals surface area contributed by atoms with Crippen molar-refractivity contribution in [2.45, 2.75) is 32.7 Å². The predicted molar refractivity (Wildman–Crippen MR) is 92.2 cm³/mol. The molecule has 0 heterocycles. The van der Waals surface area contributed by atoms with Crippen molar-refractivity contribution >= 4 is 15.9 Å². The van der Waals surface area contributed by atoms with Gasteiger partial charge in [-0.2, -0.15) is 0 Å². The van der Waals surface area contributed by atoms with Crippen LogP contribution in [-0.4, -0.2) is 7.05 Å². The Morgan fingerprint density at radius 1 is 1.00 bits per heavy atom. The molecule has 0 radical (unpaired) electrons. The van der Waals surface area contributed by atoms with E-state index < -0.39 is 0 Å². The van der Waals surface area contributed by atoms with Crippen molar-refractivity contribution in [3.05, 3.63) is 58.1 Å². The summed E-state index contributed by atoms with van der Waals surface area (Å²) in [7, 11) is 1.96. The molecule has 1 unspecified atom stereocenters. The first kappa shape index (κ1) is 16.1. The number of benzene rings is 2. The Hall–Kier alpha value is -1.32. The third-order valence-corrected chi connectivity index (χ3v) is 4.33. The maximum atomic E-state index is 6.07. The first-order chi connectivity index (χ1) is 10.0. The van der Waals surface area contributed by atoms with Crippen molar-refractivity contribution < 1.29 is 4.74 Å². The van der Waals surface area contributed by atoms with Gasteiger partial charge in [-0.05, 0) is 49.2 Å². The SMILES string of the molecule is CNC(C)c1ccc(Oc2ccccc2C(C)C)cc1Br. The molecule has 0 fully saturated rings. The number of rotatable bonds is 5. The van der Waals surface area contributed by atoms with Gasteiger partial charge >= 0.3 is 0 Å². The third-order valence-electron chi connectivity index (χ3n) is 3.64. The van der Waals surface area contributed by atoms with Gasteiger partial charge < -0.3 is 10.1 Å². The van der Waals surface area contributed by atoms with Crippen LogP contribution in [0.15, 0.2) is 46.9 Å². The molecule has 21 heavy (non-hydrogen) atoms. The third kappa shape index (κ3) is 3.86. The van der Waals surface area contributed by atoms with E-state index in [0.29, 0.717) is 12.0 Å². The Kier molecular flexibility index (Phi) is 5.43. The number of halogens is 1. The van der Waals surface area contributed by atoms with Crippen LogP contribution in [0.4, 0.5) is 0 Å². The molecule has 1 N–H and O–H groups in total. The van der Waals surface area contributed by atoms with Gasteiger partial charge in [0, 0.05) is 10.5 Å². The minimum atomic E-state index is 0.302. The minimum absolute atomic E-state index is 0.302. The molecule has 1 atom stereocenters. The first-order valence-electron chi connectivity index (χ1n) is 7.26. The molecule has 3 heteroatoms. The molecule has 0 spiro atoms. The molecule has 0 aliphatic carbocycles. The normalized spacial score (nSPS) is 12.5. The Morgan fingerprint density at radius 2 is 1.71 bits per heavy atom. The van der Waals surface area contributed by atoms with Gasteiger partial charge in [0.05, 0.1) is 0 Å². The van der Waals surface area contributed by atoms with Gasteiger partial charge in [0.2, 0.25) is 0 Å². The summed E-state index contributed by atoms with van der Waals surface area (Å²) in [4.78, 5) is 0. The molecule has 0 aliphatic heterocycles. The summed E-state index contributed by atoms with van der Waals surface area (Å²) >= 11 is 3.63. The van der Waals surface area contributed by atoms with Crippen molar-refractivity contribution in [2.24, 2.45) is 0 Å². The summed E-state index contributed by atoms with van der Waals surface area (Å²) in [5.41, 5.74) is 2.45. The van der Waals surface area contributed by atoms with E-state index >= 15 is 0 Å². The van der Waals surface area contributed by atoms with Gasteiger partial charge in [-0.1, -0.05) is 54.0 Å². The average Bonchev–Trinajstić information content (AvgIpc) is 2.47. The van der Waals surface area contributed by atoms with E-state index in [9.17, 15) is 0 Å². The van der Waals surface area contributed by atoms with Crippen LogP contribution in [0.2, 0.25) is 0 Å². The zero-order valence-electron chi connectivity index (χ0n) is 13.0. The topological polar surface area (TPSA) is 21.3 Å². The lowest BCUT2D eigenvalue weighted by atomic mass is 10.0. The molecule has 2 nitrogen and oxygen atoms in total. The highest BCUT2D eigenvalue weighted by Gasteiger charge is 2.11. The van der Waals surface area contributed by atoms with Crippen LogP contribution in [0.25, 0.3) is 0 Å². The van der Waals surface area contributed by atoms with E-state index in [0.717, 1.165) is 16.0 Å². The number of hydrogen-bond acceptors (Lipinski definition) is 2. The number of hydrogen-bond donors (Lipinski definition) is 1. The second-order valence-corrected chi connectivity index (χ2v) is 6.34. The molecule has 2 aromatic rings. The first-order valence-corrected chi connectivity index (χ1v) is 8.05. The zero-order chi connectivity index (χ0) is 15.4. The van der Waals surface area contributed by atoms with Crippen LogP contribution >= 0.6 is 15.9 Å². The standard InChI is InChI=1S/C18H22BrNO/c1-12(2)15-7-5-6-8-18(15)21-14-9-10-16(13(3)20-4)17(19)11-14/h5-13,20H,1-4H3. The number of ether oxygens (including phenoxy) is 1. The average molecular weight is 348 g/mol. The van der Waals surface area contributed by atoms with Crippen molar-refractivity contribution in [1.82, 2.24) is 5.32 Å². The quantitative estimate of drug-likeness (QED) is 0.754. The molecule has 2 rings (SSSR count). The second kappa shape index (κ2) is 7.10. The second-order valence-electron chi connectivity index (χ2n) is 5.49. The van der Waals surface area contributed by atoms with Crippen molar-refractivity contribution in [3.8, 4) is 11.5 Å². The number of para-hydroxylation sites is 1. The fourth-order valence-electron chi connectivity index (χ4n) is 2.26. The van der Waals surface area contributed by atoms with E-state index in [-0.39, 0.29) is 0 Å². The molecule has 112 valence electrons. The van der Waals surface area contributed by atoms with E-state index in [2.05, 4.69) is 60.2 Å². The van der Waals surface area contributed by atoms with Gasteiger partial charge in [0.15, 0.2) is 0 Å². The zero-order valence-corrected chi connectivity index (χ0v) is 14.6. The van der Waals surface area contributed by atoms with Crippen LogP contribution in [0.5, 0.6) is 11.5 Å². The summed E-state index contributed by atoms with van der Waals surface area (Å²) in [6.45, 7) is 6.49. The fourth-order valence-corrected chi connectivity index (χ4v) is 2.96. The molecule has 0 bridgehead atoms. The van der Waals surface area contributed by atoms with Gasteiger partial charge in [-0.15, -0.1) is 0 Å². The van der Waals surface area contributed by atoms with Crippen molar-refractivity contribution in [2.75, 3.05) is 7.05 Å². The van der Waals surface area contributed by atoms with E-state index in [4.69, 9.17) is 4.74 Å². The van der Waals surface area contributed by atoms with Gasteiger partial charge in [-0.25, -0.2) is 0 Å². The van der Waals surface area contributed by atoms with E-state index in [1.54, 1.807) is 0 Å².